The Bertz CT molecular complexity index is 529. The fraction of sp³-hybridized carbons (Fsp3) is 0.182. The van der Waals surface area contributed by atoms with Gasteiger partial charge in [0.1, 0.15) is 0 Å². The van der Waals surface area contributed by atoms with E-state index in [1.165, 1.54) is 12.1 Å². The molecule has 16 heavy (non-hydrogen) atoms. The number of nitro benzene ring substituents is 1. The Balaban J connectivity index is 2.42. The maximum absolute atomic E-state index is 10.5. The van der Waals surface area contributed by atoms with Gasteiger partial charge in [-0.15, -0.1) is 0 Å². The van der Waals surface area contributed by atoms with Crippen molar-refractivity contribution in [3.8, 4) is 5.69 Å². The summed E-state index contributed by atoms with van der Waals surface area (Å²) in [7, 11) is 0. The quantitative estimate of drug-likeness (QED) is 0.573. The number of aryl methyl sites for hydroxylation is 1. The minimum atomic E-state index is -0.407. The van der Waals surface area contributed by atoms with Gasteiger partial charge in [-0.2, -0.15) is 0 Å². The standard InChI is InChI=1S/C11H11N3O2/c1-8-9(2)13(7-12-8)10-3-5-11(6-4-10)14(15)16/h3-7H,1-2H3. The topological polar surface area (TPSA) is 61.0 Å². The third kappa shape index (κ3) is 1.67. The van der Waals surface area contributed by atoms with Crippen molar-refractivity contribution in [2.75, 3.05) is 0 Å². The Morgan fingerprint density at radius 2 is 1.88 bits per heavy atom. The van der Waals surface area contributed by atoms with Crippen LogP contribution in [0.1, 0.15) is 11.4 Å². The molecule has 0 radical (unpaired) electrons. The van der Waals surface area contributed by atoms with Crippen molar-refractivity contribution in [3.63, 3.8) is 0 Å². The van der Waals surface area contributed by atoms with E-state index in [1.807, 2.05) is 18.4 Å². The van der Waals surface area contributed by atoms with Crippen LogP contribution in [-0.2, 0) is 0 Å². The maximum atomic E-state index is 10.5. The summed E-state index contributed by atoms with van der Waals surface area (Å²) in [6, 6.07) is 6.41. The van der Waals surface area contributed by atoms with Crippen molar-refractivity contribution in [1.82, 2.24) is 9.55 Å². The van der Waals surface area contributed by atoms with Crippen LogP contribution >= 0.6 is 0 Å². The molecule has 0 fully saturated rings. The predicted octanol–water partition coefficient (Wildman–Crippen LogP) is 2.40. The maximum Gasteiger partial charge on any atom is 0.269 e. The molecule has 0 spiro atoms. The van der Waals surface area contributed by atoms with E-state index in [9.17, 15) is 10.1 Å². The second kappa shape index (κ2) is 3.77. The Kier molecular flexibility index (Phi) is 2.44. The summed E-state index contributed by atoms with van der Waals surface area (Å²) in [6.07, 6.45) is 1.71. The van der Waals surface area contributed by atoms with E-state index in [0.29, 0.717) is 0 Å². The Labute approximate surface area is 92.5 Å². The summed E-state index contributed by atoms with van der Waals surface area (Å²) in [5.41, 5.74) is 2.97. The number of non-ortho nitro benzene ring substituents is 1. The van der Waals surface area contributed by atoms with Crippen LogP contribution in [-0.4, -0.2) is 14.5 Å². The first kappa shape index (κ1) is 10.4. The van der Waals surface area contributed by atoms with Crippen molar-refractivity contribution in [2.45, 2.75) is 13.8 Å². The van der Waals surface area contributed by atoms with Gasteiger partial charge in [-0.05, 0) is 26.0 Å². The molecule has 0 saturated heterocycles. The van der Waals surface area contributed by atoms with E-state index >= 15 is 0 Å². The molecule has 0 N–H and O–H groups in total. The number of aromatic nitrogens is 2. The van der Waals surface area contributed by atoms with Crippen LogP contribution in [0.15, 0.2) is 30.6 Å². The van der Waals surface area contributed by atoms with Crippen LogP contribution in [0, 0.1) is 24.0 Å². The number of nitrogens with zero attached hydrogens (tertiary/aromatic N) is 3. The third-order valence-electron chi connectivity index (χ3n) is 2.59. The second-order valence-electron chi connectivity index (χ2n) is 3.56. The summed E-state index contributed by atoms with van der Waals surface area (Å²) in [6.45, 7) is 3.89. The third-order valence-corrected chi connectivity index (χ3v) is 2.59. The Morgan fingerprint density at radius 1 is 1.25 bits per heavy atom. The monoisotopic (exact) mass is 217 g/mol. The summed E-state index contributed by atoms with van der Waals surface area (Å²) in [5.74, 6) is 0. The lowest BCUT2D eigenvalue weighted by atomic mass is 10.2. The Hall–Kier alpha value is -2.17. The molecule has 5 heteroatoms. The highest BCUT2D eigenvalue weighted by molar-refractivity contribution is 5.42. The van der Waals surface area contributed by atoms with Gasteiger partial charge >= 0.3 is 0 Å². The van der Waals surface area contributed by atoms with E-state index in [0.717, 1.165) is 17.1 Å². The zero-order valence-corrected chi connectivity index (χ0v) is 9.04. The molecule has 0 saturated carbocycles. The first-order chi connectivity index (χ1) is 7.59. The molecule has 2 rings (SSSR count). The van der Waals surface area contributed by atoms with Crippen LogP contribution in [0.5, 0.6) is 0 Å². The molecule has 2 aromatic rings. The highest BCUT2D eigenvalue weighted by atomic mass is 16.6. The lowest BCUT2D eigenvalue weighted by Gasteiger charge is -2.04. The van der Waals surface area contributed by atoms with E-state index in [-0.39, 0.29) is 5.69 Å². The molecule has 0 aliphatic rings. The van der Waals surface area contributed by atoms with Crippen LogP contribution in [0.4, 0.5) is 5.69 Å². The largest absolute Gasteiger partial charge is 0.303 e. The Morgan fingerprint density at radius 3 is 2.31 bits per heavy atom. The normalized spacial score (nSPS) is 10.4. The number of imidazole rings is 1. The van der Waals surface area contributed by atoms with E-state index < -0.39 is 4.92 Å². The number of nitro groups is 1. The van der Waals surface area contributed by atoms with Crippen LogP contribution < -0.4 is 0 Å². The van der Waals surface area contributed by atoms with Gasteiger partial charge in [0, 0.05) is 23.5 Å². The van der Waals surface area contributed by atoms with Gasteiger partial charge in [-0.1, -0.05) is 0 Å². The molecule has 0 bridgehead atoms. The number of rotatable bonds is 2. The van der Waals surface area contributed by atoms with Crippen molar-refractivity contribution in [1.29, 1.82) is 0 Å². The molecular formula is C11H11N3O2. The van der Waals surface area contributed by atoms with Gasteiger partial charge in [-0.3, -0.25) is 10.1 Å². The molecule has 82 valence electrons. The fourth-order valence-corrected chi connectivity index (χ4v) is 1.49. The van der Waals surface area contributed by atoms with E-state index in [4.69, 9.17) is 0 Å². The van der Waals surface area contributed by atoms with Crippen molar-refractivity contribution >= 4 is 5.69 Å². The molecule has 1 heterocycles. The van der Waals surface area contributed by atoms with Gasteiger partial charge in [0.05, 0.1) is 16.9 Å². The van der Waals surface area contributed by atoms with Crippen LogP contribution in [0.3, 0.4) is 0 Å². The minimum absolute atomic E-state index is 0.0956. The lowest BCUT2D eigenvalue weighted by molar-refractivity contribution is -0.384. The lowest BCUT2D eigenvalue weighted by Crippen LogP contribution is -1.95. The predicted molar refractivity (Wildman–Crippen MR) is 59.7 cm³/mol. The highest BCUT2D eigenvalue weighted by Crippen LogP contribution is 2.17. The van der Waals surface area contributed by atoms with E-state index in [2.05, 4.69) is 4.98 Å². The van der Waals surface area contributed by atoms with Crippen LogP contribution in [0.2, 0.25) is 0 Å². The van der Waals surface area contributed by atoms with E-state index in [1.54, 1.807) is 18.5 Å². The van der Waals surface area contributed by atoms with Gasteiger partial charge in [0.15, 0.2) is 0 Å². The second-order valence-corrected chi connectivity index (χ2v) is 3.56. The van der Waals surface area contributed by atoms with Crippen molar-refractivity contribution < 1.29 is 4.92 Å². The number of benzene rings is 1. The van der Waals surface area contributed by atoms with Crippen LogP contribution in [0.25, 0.3) is 5.69 Å². The number of hydrogen-bond donors (Lipinski definition) is 0. The smallest absolute Gasteiger partial charge is 0.269 e. The van der Waals surface area contributed by atoms with Gasteiger partial charge < -0.3 is 4.57 Å². The molecule has 0 atom stereocenters. The molecule has 0 unspecified atom stereocenters. The van der Waals surface area contributed by atoms with Gasteiger partial charge in [0.2, 0.25) is 0 Å². The van der Waals surface area contributed by atoms with Gasteiger partial charge in [0.25, 0.3) is 5.69 Å². The zero-order valence-electron chi connectivity index (χ0n) is 9.04. The molecule has 5 nitrogen and oxygen atoms in total. The van der Waals surface area contributed by atoms with Crippen molar-refractivity contribution in [3.05, 3.63) is 52.1 Å². The number of hydrogen-bond acceptors (Lipinski definition) is 3. The summed E-state index contributed by atoms with van der Waals surface area (Å²) in [5, 5.41) is 10.5. The average molecular weight is 217 g/mol. The average Bonchev–Trinajstić information content (AvgIpc) is 2.60. The molecule has 0 aliphatic carbocycles. The highest BCUT2D eigenvalue weighted by Gasteiger charge is 2.07. The molecule has 1 aromatic heterocycles. The SMILES string of the molecule is Cc1ncn(-c2ccc([N+](=O)[O-])cc2)c1C. The van der Waals surface area contributed by atoms with Gasteiger partial charge in [-0.25, -0.2) is 4.98 Å². The zero-order chi connectivity index (χ0) is 11.7. The van der Waals surface area contributed by atoms with Crippen molar-refractivity contribution in [2.24, 2.45) is 0 Å². The molecular weight excluding hydrogens is 206 g/mol. The summed E-state index contributed by atoms with van der Waals surface area (Å²) < 4.78 is 1.90. The molecule has 1 aromatic carbocycles. The summed E-state index contributed by atoms with van der Waals surface area (Å²) >= 11 is 0. The minimum Gasteiger partial charge on any atom is -0.303 e. The first-order valence-corrected chi connectivity index (χ1v) is 4.85. The molecule has 0 amide bonds. The fourth-order valence-electron chi connectivity index (χ4n) is 1.49. The molecule has 0 aliphatic heterocycles. The summed E-state index contributed by atoms with van der Waals surface area (Å²) in [4.78, 5) is 14.3. The first-order valence-electron chi connectivity index (χ1n) is 4.85.